The van der Waals surface area contributed by atoms with Crippen LogP contribution in [0.4, 0.5) is 0 Å². The lowest BCUT2D eigenvalue weighted by atomic mass is 9.93. The molecule has 25 heavy (non-hydrogen) atoms. The van der Waals surface area contributed by atoms with Gasteiger partial charge in [0.1, 0.15) is 0 Å². The van der Waals surface area contributed by atoms with Crippen molar-refractivity contribution in [1.29, 1.82) is 0 Å². The monoisotopic (exact) mass is 352 g/mol. The maximum atomic E-state index is 9.56. The molecule has 0 bridgehead atoms. The second-order valence-corrected chi connectivity index (χ2v) is 7.99. The molecule has 3 heteroatoms. The Bertz CT molecular complexity index is 328. The van der Waals surface area contributed by atoms with Gasteiger partial charge in [-0.25, -0.2) is 0 Å². The van der Waals surface area contributed by atoms with Crippen molar-refractivity contribution in [2.45, 2.75) is 116 Å². The smallest absolute Gasteiger partial charge is 0.0995 e. The summed E-state index contributed by atoms with van der Waals surface area (Å²) >= 11 is 0. The third kappa shape index (κ3) is 12.4. The van der Waals surface area contributed by atoms with Crippen LogP contribution in [-0.2, 0) is 0 Å². The highest BCUT2D eigenvalue weighted by molar-refractivity contribution is 5.85. The number of amidine groups is 1. The van der Waals surface area contributed by atoms with E-state index < -0.39 is 0 Å². The van der Waals surface area contributed by atoms with Gasteiger partial charge in [-0.15, -0.1) is 0 Å². The van der Waals surface area contributed by atoms with Crippen LogP contribution in [0.2, 0.25) is 0 Å². The number of aliphatic hydroxyl groups excluding tert-OH is 1. The third-order valence-electron chi connectivity index (χ3n) is 5.43. The highest BCUT2D eigenvalue weighted by atomic mass is 16.3. The highest BCUT2D eigenvalue weighted by Gasteiger charge is 2.18. The Morgan fingerprint density at radius 1 is 0.840 bits per heavy atom. The van der Waals surface area contributed by atoms with Crippen LogP contribution in [0.5, 0.6) is 0 Å². The Kier molecular flexibility index (Phi) is 14.1. The van der Waals surface area contributed by atoms with E-state index in [1.807, 2.05) is 6.92 Å². The Morgan fingerprint density at radius 3 is 1.88 bits per heavy atom. The molecule has 0 saturated carbocycles. The van der Waals surface area contributed by atoms with E-state index in [4.69, 9.17) is 0 Å². The first-order chi connectivity index (χ1) is 12.2. The standard InChI is InChI=1S/C22H44N2O/c1-3-4-5-6-7-8-9-10-11-12-13-14-15-21(17-16-20(2)25)22-23-18-19-24-22/h20-21,25H,3-19H2,1-2H3,(H,23,24). The number of hydrogen-bond acceptors (Lipinski definition) is 3. The maximum Gasteiger partial charge on any atom is 0.0995 e. The normalized spacial score (nSPS) is 16.5. The fourth-order valence-corrected chi connectivity index (χ4v) is 3.78. The quantitative estimate of drug-likeness (QED) is 0.322. The number of nitrogens with one attached hydrogen (secondary N) is 1. The Morgan fingerprint density at radius 2 is 1.40 bits per heavy atom. The van der Waals surface area contributed by atoms with E-state index in [-0.39, 0.29) is 6.10 Å². The summed E-state index contributed by atoms with van der Waals surface area (Å²) < 4.78 is 0. The number of hydrogen-bond donors (Lipinski definition) is 2. The molecule has 0 amide bonds. The van der Waals surface area contributed by atoms with Crippen molar-refractivity contribution in [1.82, 2.24) is 5.32 Å². The minimum atomic E-state index is -0.188. The molecule has 1 aliphatic rings. The van der Waals surface area contributed by atoms with Gasteiger partial charge in [0.2, 0.25) is 0 Å². The van der Waals surface area contributed by atoms with Crippen molar-refractivity contribution in [2.75, 3.05) is 13.1 Å². The third-order valence-corrected chi connectivity index (χ3v) is 5.43. The van der Waals surface area contributed by atoms with Crippen molar-refractivity contribution in [2.24, 2.45) is 10.9 Å². The molecule has 0 aromatic carbocycles. The molecule has 2 N–H and O–H groups in total. The van der Waals surface area contributed by atoms with Gasteiger partial charge in [-0.2, -0.15) is 0 Å². The molecule has 148 valence electrons. The molecule has 0 saturated heterocycles. The fraction of sp³-hybridized carbons (Fsp3) is 0.955. The largest absolute Gasteiger partial charge is 0.393 e. The van der Waals surface area contributed by atoms with Gasteiger partial charge in [0.05, 0.1) is 18.5 Å². The summed E-state index contributed by atoms with van der Waals surface area (Å²) in [6, 6.07) is 0. The SMILES string of the molecule is CCCCCCCCCCCCCCC(CCC(C)O)C1=NCCN1. The topological polar surface area (TPSA) is 44.6 Å². The van der Waals surface area contributed by atoms with Crippen LogP contribution in [0.15, 0.2) is 4.99 Å². The number of rotatable bonds is 17. The van der Waals surface area contributed by atoms with Gasteiger partial charge in [0.25, 0.3) is 0 Å². The van der Waals surface area contributed by atoms with Gasteiger partial charge in [0.15, 0.2) is 0 Å². The second-order valence-electron chi connectivity index (χ2n) is 7.99. The number of aliphatic hydroxyl groups is 1. The first-order valence-electron chi connectivity index (χ1n) is 11.2. The molecule has 0 fully saturated rings. The van der Waals surface area contributed by atoms with Crippen molar-refractivity contribution < 1.29 is 5.11 Å². The number of aliphatic imine (C=N–C) groups is 1. The van der Waals surface area contributed by atoms with E-state index in [0.29, 0.717) is 5.92 Å². The summed E-state index contributed by atoms with van der Waals surface area (Å²) in [4.78, 5) is 4.61. The maximum absolute atomic E-state index is 9.56. The minimum Gasteiger partial charge on any atom is -0.393 e. The molecule has 0 aromatic heterocycles. The predicted octanol–water partition coefficient (Wildman–Crippen LogP) is 5.86. The van der Waals surface area contributed by atoms with Crippen molar-refractivity contribution >= 4 is 5.84 Å². The fourth-order valence-electron chi connectivity index (χ4n) is 3.78. The number of nitrogens with zero attached hydrogens (tertiary/aromatic N) is 1. The molecule has 0 aliphatic carbocycles. The second kappa shape index (κ2) is 15.7. The van der Waals surface area contributed by atoms with E-state index in [9.17, 15) is 5.11 Å². The molecule has 1 aliphatic heterocycles. The lowest BCUT2D eigenvalue weighted by Crippen LogP contribution is -2.27. The van der Waals surface area contributed by atoms with Gasteiger partial charge >= 0.3 is 0 Å². The van der Waals surface area contributed by atoms with Crippen molar-refractivity contribution in [3.05, 3.63) is 0 Å². The predicted molar refractivity (Wildman–Crippen MR) is 110 cm³/mol. The molecule has 2 unspecified atom stereocenters. The average molecular weight is 353 g/mol. The highest BCUT2D eigenvalue weighted by Crippen LogP contribution is 2.20. The van der Waals surface area contributed by atoms with Crippen LogP contribution in [0, 0.1) is 5.92 Å². The van der Waals surface area contributed by atoms with Crippen LogP contribution in [0.1, 0.15) is 110 Å². The molecule has 3 nitrogen and oxygen atoms in total. The summed E-state index contributed by atoms with van der Waals surface area (Å²) in [6.45, 7) is 6.11. The molecular formula is C22H44N2O. The zero-order chi connectivity index (χ0) is 18.2. The van der Waals surface area contributed by atoms with Crippen LogP contribution < -0.4 is 5.32 Å². The van der Waals surface area contributed by atoms with Gasteiger partial charge in [-0.05, 0) is 26.2 Å². The summed E-state index contributed by atoms with van der Waals surface area (Å²) in [5.41, 5.74) is 0. The minimum absolute atomic E-state index is 0.188. The number of unbranched alkanes of at least 4 members (excludes halogenated alkanes) is 11. The summed E-state index contributed by atoms with van der Waals surface area (Å²) in [7, 11) is 0. The lowest BCUT2D eigenvalue weighted by Gasteiger charge is -2.18. The molecule has 2 atom stereocenters. The first kappa shape index (κ1) is 22.5. The van der Waals surface area contributed by atoms with Gasteiger partial charge in [0, 0.05) is 12.5 Å². The van der Waals surface area contributed by atoms with E-state index in [1.165, 1.54) is 89.3 Å². The molecular weight excluding hydrogens is 308 g/mol. The summed E-state index contributed by atoms with van der Waals surface area (Å²) in [5.74, 6) is 1.75. The molecule has 0 radical (unpaired) electrons. The van der Waals surface area contributed by atoms with E-state index in [1.54, 1.807) is 0 Å². The van der Waals surface area contributed by atoms with Gasteiger partial charge < -0.3 is 10.4 Å². The lowest BCUT2D eigenvalue weighted by molar-refractivity contribution is 0.176. The van der Waals surface area contributed by atoms with Crippen molar-refractivity contribution in [3.63, 3.8) is 0 Å². The van der Waals surface area contributed by atoms with Crippen LogP contribution in [0.3, 0.4) is 0 Å². The Hall–Kier alpha value is -0.570. The van der Waals surface area contributed by atoms with E-state index >= 15 is 0 Å². The van der Waals surface area contributed by atoms with E-state index in [0.717, 1.165) is 25.9 Å². The van der Waals surface area contributed by atoms with Gasteiger partial charge in [-0.3, -0.25) is 4.99 Å². The van der Waals surface area contributed by atoms with Crippen LogP contribution in [0.25, 0.3) is 0 Å². The average Bonchev–Trinajstić information content (AvgIpc) is 3.12. The Labute approximate surface area is 157 Å². The molecule has 1 heterocycles. The zero-order valence-corrected chi connectivity index (χ0v) is 17.1. The Balaban J connectivity index is 1.97. The van der Waals surface area contributed by atoms with Crippen molar-refractivity contribution in [3.8, 4) is 0 Å². The van der Waals surface area contributed by atoms with Gasteiger partial charge in [-0.1, -0.05) is 84.0 Å². The summed E-state index contributed by atoms with van der Waals surface area (Å²) in [5, 5.41) is 13.0. The summed E-state index contributed by atoms with van der Waals surface area (Å²) in [6.07, 6.45) is 19.9. The molecule has 0 spiro atoms. The molecule has 1 rings (SSSR count). The first-order valence-corrected chi connectivity index (χ1v) is 11.2. The zero-order valence-electron chi connectivity index (χ0n) is 17.1. The van der Waals surface area contributed by atoms with Crippen LogP contribution in [-0.4, -0.2) is 30.1 Å². The van der Waals surface area contributed by atoms with E-state index in [2.05, 4.69) is 17.2 Å². The molecule has 0 aromatic rings. The van der Waals surface area contributed by atoms with Crippen LogP contribution >= 0.6 is 0 Å².